The fourth-order valence-electron chi connectivity index (χ4n) is 2.13. The molecule has 0 aromatic heterocycles. The Morgan fingerprint density at radius 3 is 2.38 bits per heavy atom. The van der Waals surface area contributed by atoms with Gasteiger partial charge in [0.25, 0.3) is 0 Å². The molecule has 2 aromatic rings. The number of anilines is 2. The summed E-state index contributed by atoms with van der Waals surface area (Å²) < 4.78 is 67.5. The van der Waals surface area contributed by atoms with E-state index in [0.717, 1.165) is 41.3 Å². The number of urea groups is 1. The number of nitrogens with two attached hydrogens (primary N) is 1. The first-order valence-electron chi connectivity index (χ1n) is 6.84. The van der Waals surface area contributed by atoms with Crippen molar-refractivity contribution in [2.45, 2.75) is 10.7 Å². The molecule has 0 unspecified atom stereocenters. The number of benzene rings is 2. The maximum absolute atomic E-state index is 13.4. The molecule has 0 fully saturated rings. The van der Waals surface area contributed by atoms with Crippen molar-refractivity contribution in [3.05, 3.63) is 47.2 Å². The van der Waals surface area contributed by atoms with Gasteiger partial charge in [-0.15, -0.1) is 0 Å². The Kier molecular flexibility index (Phi) is 5.67. The minimum absolute atomic E-state index is 0.0196. The fraction of sp³-hybridized carbons (Fsp3) is 0.133. The Balaban J connectivity index is 2.71. The number of hydrogen-bond acceptors (Lipinski definition) is 4. The maximum Gasteiger partial charge on any atom is 0.341 e. The van der Waals surface area contributed by atoms with Crippen molar-refractivity contribution in [3.63, 3.8) is 0 Å². The van der Waals surface area contributed by atoms with Gasteiger partial charge in [-0.05, 0) is 36.4 Å². The molecule has 2 rings (SSSR count). The predicted octanol–water partition coefficient (Wildman–Crippen LogP) is 3.70. The molecular formula is C15H12ClF3N2O4S. The summed E-state index contributed by atoms with van der Waals surface area (Å²) in [5, 5.41) is -0.330. The molecule has 0 saturated heterocycles. The molecule has 6 nitrogen and oxygen atoms in total. The molecule has 0 aliphatic rings. The topological polar surface area (TPSA) is 89.7 Å². The van der Waals surface area contributed by atoms with Gasteiger partial charge in [0, 0.05) is 0 Å². The molecule has 0 heterocycles. The number of carbonyl (C=O) groups is 1. The van der Waals surface area contributed by atoms with Crippen LogP contribution >= 0.6 is 11.6 Å². The van der Waals surface area contributed by atoms with Crippen LogP contribution in [0.3, 0.4) is 0 Å². The molecule has 2 amide bonds. The number of ether oxygens (including phenoxy) is 1. The Hall–Kier alpha value is -2.46. The third-order valence-electron chi connectivity index (χ3n) is 3.34. The Morgan fingerprint density at radius 2 is 1.88 bits per heavy atom. The number of halogens is 4. The lowest BCUT2D eigenvalue weighted by Gasteiger charge is -2.23. The van der Waals surface area contributed by atoms with Gasteiger partial charge in [-0.3, -0.25) is 4.90 Å². The summed E-state index contributed by atoms with van der Waals surface area (Å²) in [6, 6.07) is 4.88. The third-order valence-corrected chi connectivity index (χ3v) is 5.01. The highest BCUT2D eigenvalue weighted by Crippen LogP contribution is 2.37. The van der Waals surface area contributed by atoms with Gasteiger partial charge >= 0.3 is 11.8 Å². The normalized spacial score (nSPS) is 11.5. The van der Waals surface area contributed by atoms with E-state index in [-0.39, 0.29) is 22.1 Å². The molecular weight excluding hydrogens is 397 g/mol. The zero-order valence-corrected chi connectivity index (χ0v) is 14.7. The second kappa shape index (κ2) is 7.42. The van der Waals surface area contributed by atoms with E-state index in [2.05, 4.69) is 0 Å². The smallest absolute Gasteiger partial charge is 0.341 e. The average molecular weight is 409 g/mol. The molecule has 140 valence electrons. The van der Waals surface area contributed by atoms with Gasteiger partial charge in [-0.25, -0.2) is 17.6 Å². The van der Waals surface area contributed by atoms with Crippen LogP contribution in [0.5, 0.6) is 5.75 Å². The first kappa shape index (κ1) is 19.9. The van der Waals surface area contributed by atoms with Gasteiger partial charge < -0.3 is 10.5 Å². The van der Waals surface area contributed by atoms with E-state index in [1.54, 1.807) is 0 Å². The third kappa shape index (κ3) is 3.70. The number of carbonyl (C=O) groups excluding carboxylic acids is 1. The van der Waals surface area contributed by atoms with Crippen molar-refractivity contribution < 1.29 is 31.1 Å². The van der Waals surface area contributed by atoms with Gasteiger partial charge in [0.05, 0.1) is 28.4 Å². The lowest BCUT2D eigenvalue weighted by Crippen LogP contribution is -2.32. The largest absolute Gasteiger partial charge is 0.495 e. The average Bonchev–Trinajstić information content (AvgIpc) is 2.57. The highest BCUT2D eigenvalue weighted by molar-refractivity contribution is 7.91. The van der Waals surface area contributed by atoms with Gasteiger partial charge in [-0.2, -0.15) is 8.78 Å². The van der Waals surface area contributed by atoms with E-state index in [1.807, 2.05) is 0 Å². The van der Waals surface area contributed by atoms with Crippen LogP contribution in [0.25, 0.3) is 0 Å². The van der Waals surface area contributed by atoms with Crippen LogP contribution in [0.15, 0.2) is 41.3 Å². The summed E-state index contributed by atoms with van der Waals surface area (Å²) in [4.78, 5) is 11.9. The summed E-state index contributed by atoms with van der Waals surface area (Å²) in [5.41, 5.74) is 5.08. The molecule has 0 atom stereocenters. The summed E-state index contributed by atoms with van der Waals surface area (Å²) >= 11 is 5.69. The van der Waals surface area contributed by atoms with Crippen LogP contribution in [0.2, 0.25) is 5.02 Å². The Morgan fingerprint density at radius 1 is 1.23 bits per heavy atom. The van der Waals surface area contributed by atoms with Crippen molar-refractivity contribution in [3.8, 4) is 5.75 Å². The molecule has 0 radical (unpaired) electrons. The highest BCUT2D eigenvalue weighted by Gasteiger charge is 2.29. The minimum atomic E-state index is -4.93. The van der Waals surface area contributed by atoms with E-state index in [0.29, 0.717) is 0 Å². The monoisotopic (exact) mass is 408 g/mol. The van der Waals surface area contributed by atoms with Crippen LogP contribution in [0.1, 0.15) is 0 Å². The molecule has 2 aromatic carbocycles. The van der Waals surface area contributed by atoms with Crippen LogP contribution in [-0.4, -0.2) is 27.3 Å². The van der Waals surface area contributed by atoms with Gasteiger partial charge in [0.2, 0.25) is 9.84 Å². The second-order valence-electron chi connectivity index (χ2n) is 4.91. The number of hydrogen-bond donors (Lipinski definition) is 1. The van der Waals surface area contributed by atoms with Gasteiger partial charge in [-0.1, -0.05) is 11.6 Å². The van der Waals surface area contributed by atoms with E-state index < -0.39 is 32.3 Å². The molecule has 2 N–H and O–H groups in total. The number of rotatable bonds is 5. The first-order chi connectivity index (χ1) is 12.1. The lowest BCUT2D eigenvalue weighted by molar-refractivity contribution is 0.234. The van der Waals surface area contributed by atoms with Crippen LogP contribution in [0, 0.1) is 5.82 Å². The van der Waals surface area contributed by atoms with Crippen molar-refractivity contribution in [1.29, 1.82) is 0 Å². The summed E-state index contributed by atoms with van der Waals surface area (Å²) in [6.45, 7) is 0. The molecule has 0 spiro atoms. The Labute approximate surface area is 151 Å². The predicted molar refractivity (Wildman–Crippen MR) is 89.3 cm³/mol. The first-order valence-corrected chi connectivity index (χ1v) is 8.76. The van der Waals surface area contributed by atoms with Crippen LogP contribution < -0.4 is 15.4 Å². The van der Waals surface area contributed by atoms with Crippen molar-refractivity contribution in [2.75, 3.05) is 12.0 Å². The number of amides is 2. The quantitative estimate of drug-likeness (QED) is 0.816. The van der Waals surface area contributed by atoms with Crippen molar-refractivity contribution >= 4 is 38.8 Å². The number of nitrogens with zero attached hydrogens (tertiary/aromatic N) is 1. The SMILES string of the molecule is COc1ccc(S(=O)(=O)C(F)F)cc1N(C(N)=O)c1ccc(F)c(Cl)c1. The molecule has 0 aliphatic carbocycles. The molecule has 11 heteroatoms. The number of methoxy groups -OCH3 is 1. The second-order valence-corrected chi connectivity index (χ2v) is 7.24. The lowest BCUT2D eigenvalue weighted by atomic mass is 10.2. The van der Waals surface area contributed by atoms with Gasteiger partial charge in [0.1, 0.15) is 11.6 Å². The maximum atomic E-state index is 13.4. The Bertz CT molecular complexity index is 954. The molecule has 0 saturated carbocycles. The zero-order chi connectivity index (χ0) is 19.6. The molecule has 26 heavy (non-hydrogen) atoms. The van der Waals surface area contributed by atoms with Gasteiger partial charge in [0.15, 0.2) is 0 Å². The van der Waals surface area contributed by atoms with E-state index in [4.69, 9.17) is 22.1 Å². The van der Waals surface area contributed by atoms with E-state index >= 15 is 0 Å². The van der Waals surface area contributed by atoms with Crippen LogP contribution in [-0.2, 0) is 9.84 Å². The molecule has 0 bridgehead atoms. The summed E-state index contributed by atoms with van der Waals surface area (Å²) in [6.07, 6.45) is 0. The highest BCUT2D eigenvalue weighted by atomic mass is 35.5. The van der Waals surface area contributed by atoms with E-state index in [1.165, 1.54) is 7.11 Å². The fourth-order valence-corrected chi connectivity index (χ4v) is 3.05. The number of sulfone groups is 1. The number of alkyl halides is 2. The summed E-state index contributed by atoms with van der Waals surface area (Å²) in [5.74, 6) is -4.45. The zero-order valence-electron chi connectivity index (χ0n) is 13.1. The minimum Gasteiger partial charge on any atom is -0.495 e. The standard InChI is InChI=1S/C15H12ClF3N2O4S/c1-25-13-5-3-9(26(23,24)14(18)19)7-12(13)21(15(20)22)8-2-4-11(17)10(16)6-8/h2-7,14H,1H3,(H2,20,22). The van der Waals surface area contributed by atoms with Crippen molar-refractivity contribution in [1.82, 2.24) is 0 Å². The molecule has 0 aliphatic heterocycles. The number of primary amides is 1. The van der Waals surface area contributed by atoms with E-state index in [9.17, 15) is 26.4 Å². The van der Waals surface area contributed by atoms with Crippen LogP contribution in [0.4, 0.5) is 29.3 Å². The van der Waals surface area contributed by atoms with Crippen molar-refractivity contribution in [2.24, 2.45) is 5.73 Å². The summed E-state index contributed by atoms with van der Waals surface area (Å²) in [7, 11) is -3.72.